The fraction of sp³-hybridized carbons (Fsp3) is 0.333. The smallest absolute Gasteiger partial charge is 0.262 e. The third kappa shape index (κ3) is 4.34. The molecule has 0 bridgehead atoms. The highest BCUT2D eigenvalue weighted by Gasteiger charge is 2.33. The number of nitrogens with one attached hydrogen (secondary N) is 1. The number of fused-ring (bicyclic) bond motifs is 1. The lowest BCUT2D eigenvalue weighted by Gasteiger charge is -2.32. The first-order valence-corrected chi connectivity index (χ1v) is 14.0. The lowest BCUT2D eigenvalue weighted by molar-refractivity contribution is 0.180. The monoisotopic (exact) mass is 520 g/mol. The van der Waals surface area contributed by atoms with Gasteiger partial charge in [-0.15, -0.1) is 0 Å². The van der Waals surface area contributed by atoms with E-state index < -0.39 is 15.8 Å². The van der Waals surface area contributed by atoms with Gasteiger partial charge in [0.25, 0.3) is 10.0 Å². The lowest BCUT2D eigenvalue weighted by Crippen LogP contribution is -2.36. The summed E-state index contributed by atoms with van der Waals surface area (Å²) in [5.41, 5.74) is 8.18. The van der Waals surface area contributed by atoms with Gasteiger partial charge in [0.15, 0.2) is 5.82 Å². The number of nitrogens with zero attached hydrogens (tertiary/aromatic N) is 4. The first-order chi connectivity index (χ1) is 17.8. The number of rotatable bonds is 6. The summed E-state index contributed by atoms with van der Waals surface area (Å²) in [5, 5.41) is 0.574. The van der Waals surface area contributed by atoms with E-state index in [0.29, 0.717) is 22.2 Å². The van der Waals surface area contributed by atoms with Crippen LogP contribution in [0.1, 0.15) is 37.3 Å². The summed E-state index contributed by atoms with van der Waals surface area (Å²) in [4.78, 5) is 11.3. The maximum Gasteiger partial charge on any atom is 0.262 e. The standard InChI is InChI=1S/C27H29FN6O2S/c1-17-5-2-3-8-23(17)37(35,36)32-22-7-4-6-20(25(22)28)21-15-34(27-24(21)26(29)30-16-31-27)19-11-13-33(14-12-19)18-9-10-18/h2-8,15-16,18-19,32H,9-14H2,1H3,(H2,29,30,31). The first-order valence-electron chi connectivity index (χ1n) is 12.6. The van der Waals surface area contributed by atoms with E-state index in [0.717, 1.165) is 32.0 Å². The van der Waals surface area contributed by atoms with Crippen LogP contribution in [-0.2, 0) is 10.0 Å². The molecule has 3 heterocycles. The molecule has 1 saturated heterocycles. The number of hydrogen-bond acceptors (Lipinski definition) is 6. The second kappa shape index (κ2) is 9.11. The SMILES string of the molecule is Cc1ccccc1S(=O)(=O)Nc1cccc(-c2cn(C3CCN(C4CC4)CC3)c3ncnc(N)c23)c1F. The second-order valence-corrected chi connectivity index (χ2v) is 11.6. The van der Waals surface area contributed by atoms with Gasteiger partial charge in [-0.3, -0.25) is 4.72 Å². The van der Waals surface area contributed by atoms with Gasteiger partial charge in [-0.1, -0.05) is 30.3 Å². The number of aryl methyl sites for hydroxylation is 1. The minimum absolute atomic E-state index is 0.103. The largest absolute Gasteiger partial charge is 0.383 e. The molecule has 0 atom stereocenters. The van der Waals surface area contributed by atoms with Gasteiger partial charge in [-0.2, -0.15) is 0 Å². The molecule has 0 amide bonds. The van der Waals surface area contributed by atoms with Crippen molar-refractivity contribution < 1.29 is 12.8 Å². The molecule has 3 N–H and O–H groups in total. The molecular weight excluding hydrogens is 491 g/mol. The molecular formula is C27H29FN6O2S. The zero-order chi connectivity index (χ0) is 25.7. The Labute approximate surface area is 215 Å². The van der Waals surface area contributed by atoms with Gasteiger partial charge in [-0.25, -0.2) is 22.8 Å². The van der Waals surface area contributed by atoms with Crippen molar-refractivity contribution in [2.75, 3.05) is 23.5 Å². The normalized spacial score (nSPS) is 17.4. The van der Waals surface area contributed by atoms with Crippen LogP contribution in [0.5, 0.6) is 0 Å². The Balaban J connectivity index is 1.39. The number of nitrogen functional groups attached to an aromatic ring is 1. The van der Waals surface area contributed by atoms with Crippen LogP contribution >= 0.6 is 0 Å². The first kappa shape index (κ1) is 23.9. The molecule has 1 aliphatic carbocycles. The third-order valence-corrected chi connectivity index (χ3v) is 9.04. The Hall–Kier alpha value is -3.50. The Morgan fingerprint density at radius 1 is 0.973 bits per heavy atom. The molecule has 0 unspecified atom stereocenters. The summed E-state index contributed by atoms with van der Waals surface area (Å²) in [6.45, 7) is 3.75. The predicted molar refractivity (Wildman–Crippen MR) is 142 cm³/mol. The number of piperidine rings is 1. The van der Waals surface area contributed by atoms with Crippen LogP contribution in [0, 0.1) is 12.7 Å². The number of aromatic nitrogens is 3. The van der Waals surface area contributed by atoms with Gasteiger partial charge in [0.1, 0.15) is 17.8 Å². The number of likely N-dealkylation sites (tertiary alicyclic amines) is 1. The molecule has 2 aliphatic rings. The Morgan fingerprint density at radius 2 is 1.73 bits per heavy atom. The van der Waals surface area contributed by atoms with Crippen molar-refractivity contribution in [1.82, 2.24) is 19.4 Å². The van der Waals surface area contributed by atoms with Crippen molar-refractivity contribution in [3.8, 4) is 11.1 Å². The summed E-state index contributed by atoms with van der Waals surface area (Å²) in [6, 6.07) is 12.2. The van der Waals surface area contributed by atoms with Gasteiger partial charge < -0.3 is 15.2 Å². The quantitative estimate of drug-likeness (QED) is 0.381. The highest BCUT2D eigenvalue weighted by atomic mass is 32.2. The van der Waals surface area contributed by atoms with Crippen LogP contribution in [0.4, 0.5) is 15.9 Å². The number of nitrogens with two attached hydrogens (primary N) is 1. The molecule has 0 spiro atoms. The van der Waals surface area contributed by atoms with Crippen LogP contribution in [0.3, 0.4) is 0 Å². The van der Waals surface area contributed by atoms with Crippen LogP contribution in [0.15, 0.2) is 59.9 Å². The van der Waals surface area contributed by atoms with Gasteiger partial charge in [0, 0.05) is 42.5 Å². The number of sulfonamides is 1. The Kier molecular flexibility index (Phi) is 5.88. The summed E-state index contributed by atoms with van der Waals surface area (Å²) < 4.78 is 46.6. The minimum Gasteiger partial charge on any atom is -0.383 e. The molecule has 10 heteroatoms. The number of halogens is 1. The molecule has 2 aromatic heterocycles. The van der Waals surface area contributed by atoms with E-state index in [1.807, 2.05) is 6.20 Å². The van der Waals surface area contributed by atoms with Crippen LogP contribution in [-0.4, -0.2) is 47.0 Å². The zero-order valence-electron chi connectivity index (χ0n) is 20.6. The maximum atomic E-state index is 15.9. The molecule has 37 heavy (non-hydrogen) atoms. The average Bonchev–Trinajstić information content (AvgIpc) is 3.66. The molecule has 2 aromatic carbocycles. The average molecular weight is 521 g/mol. The van der Waals surface area contributed by atoms with Gasteiger partial charge in [0.2, 0.25) is 0 Å². The fourth-order valence-corrected chi connectivity index (χ4v) is 6.74. The summed E-state index contributed by atoms with van der Waals surface area (Å²) >= 11 is 0. The summed E-state index contributed by atoms with van der Waals surface area (Å²) in [5.74, 6) is -0.412. The Bertz CT molecular complexity index is 1590. The Morgan fingerprint density at radius 3 is 2.46 bits per heavy atom. The molecule has 1 saturated carbocycles. The van der Waals surface area contributed by atoms with Crippen LogP contribution < -0.4 is 10.5 Å². The fourth-order valence-electron chi connectivity index (χ4n) is 5.44. The molecule has 8 nitrogen and oxygen atoms in total. The van der Waals surface area contributed by atoms with Gasteiger partial charge >= 0.3 is 0 Å². The summed E-state index contributed by atoms with van der Waals surface area (Å²) in [6.07, 6.45) is 7.85. The molecule has 0 radical (unpaired) electrons. The van der Waals surface area contributed by atoms with Crippen LogP contribution in [0.2, 0.25) is 0 Å². The summed E-state index contributed by atoms with van der Waals surface area (Å²) in [7, 11) is -3.98. The molecule has 192 valence electrons. The predicted octanol–water partition coefficient (Wildman–Crippen LogP) is 4.73. The number of anilines is 2. The van der Waals surface area contributed by atoms with E-state index in [4.69, 9.17) is 5.73 Å². The van der Waals surface area contributed by atoms with Crippen molar-refractivity contribution in [1.29, 1.82) is 0 Å². The van der Waals surface area contributed by atoms with E-state index >= 15 is 4.39 Å². The second-order valence-electron chi connectivity index (χ2n) is 9.94. The third-order valence-electron chi connectivity index (χ3n) is 7.51. The topological polar surface area (TPSA) is 106 Å². The molecule has 1 aliphatic heterocycles. The van der Waals surface area contributed by atoms with E-state index in [2.05, 4.69) is 24.2 Å². The molecule has 6 rings (SSSR count). The minimum atomic E-state index is -3.98. The zero-order valence-corrected chi connectivity index (χ0v) is 21.4. The van der Waals surface area contributed by atoms with E-state index in [1.54, 1.807) is 37.3 Å². The van der Waals surface area contributed by atoms with Gasteiger partial charge in [-0.05, 0) is 50.3 Å². The van der Waals surface area contributed by atoms with Crippen molar-refractivity contribution >= 4 is 32.6 Å². The van der Waals surface area contributed by atoms with E-state index in [-0.39, 0.29) is 28.0 Å². The highest BCUT2D eigenvalue weighted by Crippen LogP contribution is 2.40. The van der Waals surface area contributed by atoms with Crippen molar-refractivity contribution in [2.45, 2.75) is 49.6 Å². The van der Waals surface area contributed by atoms with Crippen molar-refractivity contribution in [3.05, 3.63) is 66.4 Å². The van der Waals surface area contributed by atoms with E-state index in [1.165, 1.54) is 31.3 Å². The van der Waals surface area contributed by atoms with Gasteiger partial charge in [0.05, 0.1) is 16.0 Å². The number of benzene rings is 2. The molecule has 4 aromatic rings. The van der Waals surface area contributed by atoms with Crippen LogP contribution in [0.25, 0.3) is 22.2 Å². The lowest BCUT2D eigenvalue weighted by atomic mass is 10.0. The van der Waals surface area contributed by atoms with Crippen molar-refractivity contribution in [2.24, 2.45) is 0 Å². The van der Waals surface area contributed by atoms with E-state index in [9.17, 15) is 8.42 Å². The van der Waals surface area contributed by atoms with Crippen molar-refractivity contribution in [3.63, 3.8) is 0 Å². The molecule has 2 fully saturated rings. The number of hydrogen-bond donors (Lipinski definition) is 2. The highest BCUT2D eigenvalue weighted by molar-refractivity contribution is 7.92. The maximum absolute atomic E-state index is 15.9.